The normalized spacial score (nSPS) is 15.3. The summed E-state index contributed by atoms with van der Waals surface area (Å²) in [4.78, 5) is 30.1. The van der Waals surface area contributed by atoms with Crippen LogP contribution in [-0.4, -0.2) is 22.1 Å². The Bertz CT molecular complexity index is 1140. The Morgan fingerprint density at radius 3 is 2.65 bits per heavy atom. The summed E-state index contributed by atoms with van der Waals surface area (Å²) in [5.41, 5.74) is 2.19. The number of hydrogen-bond donors (Lipinski definition) is 1. The number of aromatic nitrogens is 2. The fourth-order valence-corrected chi connectivity index (χ4v) is 4.68. The Hall–Kier alpha value is -3.06. The molecule has 3 aromatic rings. The largest absolute Gasteiger partial charge is 0.493 e. The third-order valence-corrected chi connectivity index (χ3v) is 6.37. The van der Waals surface area contributed by atoms with Gasteiger partial charge in [0.1, 0.15) is 11.6 Å². The summed E-state index contributed by atoms with van der Waals surface area (Å²) in [5.74, 6) is 1.39. The van der Waals surface area contributed by atoms with Gasteiger partial charge in [0.15, 0.2) is 5.16 Å². The molecule has 0 radical (unpaired) electrons. The maximum absolute atomic E-state index is 13.1. The Morgan fingerprint density at radius 2 is 1.87 bits per heavy atom. The van der Waals surface area contributed by atoms with Gasteiger partial charge in [-0.05, 0) is 18.1 Å². The van der Waals surface area contributed by atoms with Crippen LogP contribution in [-0.2, 0) is 17.6 Å². The number of carbonyl (C=O) groups excluding carboxylic acids is 1. The van der Waals surface area contributed by atoms with Gasteiger partial charge in [-0.25, -0.2) is 0 Å². The third-order valence-electron chi connectivity index (χ3n) is 5.27. The lowest BCUT2D eigenvalue weighted by molar-refractivity contribution is -0.116. The van der Waals surface area contributed by atoms with Gasteiger partial charge in [-0.2, -0.15) is 4.98 Å². The van der Waals surface area contributed by atoms with Crippen molar-refractivity contribution in [3.05, 3.63) is 81.6 Å². The van der Waals surface area contributed by atoms with Crippen molar-refractivity contribution in [2.75, 3.05) is 11.9 Å². The SMILES string of the molecule is CCCOc1ccccc1[C@H]1CC(=O)Nc2c1c(=O)nc(SCc1ccccc1)n2C. The van der Waals surface area contributed by atoms with Crippen molar-refractivity contribution in [2.24, 2.45) is 7.05 Å². The van der Waals surface area contributed by atoms with E-state index in [1.54, 1.807) is 0 Å². The lowest BCUT2D eigenvalue weighted by Crippen LogP contribution is -2.33. The summed E-state index contributed by atoms with van der Waals surface area (Å²) in [5, 5.41) is 3.47. The van der Waals surface area contributed by atoms with Gasteiger partial charge in [0.25, 0.3) is 5.56 Å². The minimum Gasteiger partial charge on any atom is -0.493 e. The van der Waals surface area contributed by atoms with E-state index in [0.717, 1.165) is 17.5 Å². The lowest BCUT2D eigenvalue weighted by Gasteiger charge is -2.28. The standard InChI is InChI=1S/C24H25N3O3S/c1-3-13-30-19-12-8-7-11-17(19)18-14-20(28)25-22-21(18)23(29)26-24(27(22)2)31-15-16-9-5-4-6-10-16/h4-12,18H,3,13-15H2,1-2H3,(H,25,28)/t18-/m1/s1. The summed E-state index contributed by atoms with van der Waals surface area (Å²) in [6.07, 6.45) is 1.06. The first kappa shape index (κ1) is 21.2. The molecule has 2 heterocycles. The number of hydrogen-bond acceptors (Lipinski definition) is 5. The predicted molar refractivity (Wildman–Crippen MR) is 123 cm³/mol. The number of carbonyl (C=O) groups is 1. The second-order valence-corrected chi connectivity index (χ2v) is 8.43. The maximum Gasteiger partial charge on any atom is 0.279 e. The van der Waals surface area contributed by atoms with Gasteiger partial charge < -0.3 is 14.6 Å². The van der Waals surface area contributed by atoms with Gasteiger partial charge >= 0.3 is 0 Å². The van der Waals surface area contributed by atoms with Gasteiger partial charge in [-0.1, -0.05) is 67.2 Å². The number of para-hydroxylation sites is 1. The third kappa shape index (κ3) is 4.51. The fourth-order valence-electron chi connectivity index (χ4n) is 3.76. The molecule has 0 aliphatic carbocycles. The summed E-state index contributed by atoms with van der Waals surface area (Å²) in [6.45, 7) is 2.62. The molecule has 1 atom stereocenters. The number of benzene rings is 2. The molecule has 1 amide bonds. The molecule has 7 heteroatoms. The first-order chi connectivity index (χ1) is 15.1. The summed E-state index contributed by atoms with van der Waals surface area (Å²) < 4.78 is 7.72. The highest BCUT2D eigenvalue weighted by Crippen LogP contribution is 2.39. The van der Waals surface area contributed by atoms with E-state index in [9.17, 15) is 9.59 Å². The molecule has 6 nitrogen and oxygen atoms in total. The van der Waals surface area contributed by atoms with Gasteiger partial charge in [0.2, 0.25) is 5.91 Å². The number of thioether (sulfide) groups is 1. The minimum atomic E-state index is -0.392. The first-order valence-corrected chi connectivity index (χ1v) is 11.4. The highest BCUT2D eigenvalue weighted by Gasteiger charge is 2.33. The monoisotopic (exact) mass is 435 g/mol. The second kappa shape index (κ2) is 9.39. The first-order valence-electron chi connectivity index (χ1n) is 10.4. The number of anilines is 1. The molecule has 1 aliphatic rings. The van der Waals surface area contributed by atoms with Gasteiger partial charge in [0.05, 0.1) is 12.2 Å². The number of amides is 1. The molecule has 0 saturated heterocycles. The molecule has 1 N–H and O–H groups in total. The van der Waals surface area contributed by atoms with Crippen LogP contribution >= 0.6 is 11.8 Å². The van der Waals surface area contributed by atoms with Crippen LogP contribution in [0.1, 0.15) is 42.4 Å². The van der Waals surface area contributed by atoms with E-state index in [4.69, 9.17) is 4.74 Å². The average molecular weight is 436 g/mol. The van der Waals surface area contributed by atoms with Crippen LogP contribution in [0.25, 0.3) is 0 Å². The molecule has 2 aromatic carbocycles. The number of fused-ring (bicyclic) bond motifs is 1. The summed E-state index contributed by atoms with van der Waals surface area (Å²) >= 11 is 1.48. The van der Waals surface area contributed by atoms with Gasteiger partial charge in [-0.15, -0.1) is 0 Å². The van der Waals surface area contributed by atoms with E-state index in [1.165, 1.54) is 11.8 Å². The quantitative estimate of drug-likeness (QED) is 0.442. The highest BCUT2D eigenvalue weighted by molar-refractivity contribution is 7.98. The van der Waals surface area contributed by atoms with Gasteiger partial charge in [-0.3, -0.25) is 9.59 Å². The molecule has 0 spiro atoms. The van der Waals surface area contributed by atoms with E-state index in [-0.39, 0.29) is 17.9 Å². The van der Waals surface area contributed by atoms with Crippen molar-refractivity contribution >= 4 is 23.5 Å². The molecule has 1 aromatic heterocycles. The summed E-state index contributed by atoms with van der Waals surface area (Å²) in [6, 6.07) is 17.6. The fraction of sp³-hybridized carbons (Fsp3) is 0.292. The van der Waals surface area contributed by atoms with Crippen molar-refractivity contribution in [1.29, 1.82) is 0 Å². The van der Waals surface area contributed by atoms with Crippen LogP contribution in [0.4, 0.5) is 5.82 Å². The van der Waals surface area contributed by atoms with Crippen LogP contribution in [0.3, 0.4) is 0 Å². The van der Waals surface area contributed by atoms with Crippen molar-refractivity contribution in [3.8, 4) is 5.75 Å². The van der Waals surface area contributed by atoms with Crippen molar-refractivity contribution in [3.63, 3.8) is 0 Å². The molecule has 1 aliphatic heterocycles. The maximum atomic E-state index is 13.1. The Balaban J connectivity index is 1.72. The zero-order valence-electron chi connectivity index (χ0n) is 17.6. The van der Waals surface area contributed by atoms with E-state index < -0.39 is 5.92 Å². The van der Waals surface area contributed by atoms with Crippen molar-refractivity contribution in [2.45, 2.75) is 36.6 Å². The van der Waals surface area contributed by atoms with Gasteiger partial charge in [0, 0.05) is 30.7 Å². The molecular weight excluding hydrogens is 410 g/mol. The van der Waals surface area contributed by atoms with Crippen LogP contribution < -0.4 is 15.6 Å². The van der Waals surface area contributed by atoms with Crippen molar-refractivity contribution < 1.29 is 9.53 Å². The van der Waals surface area contributed by atoms with Crippen molar-refractivity contribution in [1.82, 2.24) is 9.55 Å². The molecular formula is C24H25N3O3S. The van der Waals surface area contributed by atoms with Crippen LogP contribution in [0.15, 0.2) is 64.5 Å². The molecule has 31 heavy (non-hydrogen) atoms. The summed E-state index contributed by atoms with van der Waals surface area (Å²) in [7, 11) is 1.83. The van der Waals surface area contributed by atoms with Crippen LogP contribution in [0.5, 0.6) is 5.75 Å². The van der Waals surface area contributed by atoms with E-state index in [0.29, 0.717) is 34.6 Å². The Morgan fingerprint density at radius 1 is 1.13 bits per heavy atom. The lowest BCUT2D eigenvalue weighted by atomic mass is 9.86. The number of ether oxygens (including phenoxy) is 1. The Labute approximate surface area is 185 Å². The zero-order chi connectivity index (χ0) is 21.8. The average Bonchev–Trinajstić information content (AvgIpc) is 2.79. The van der Waals surface area contributed by atoms with E-state index in [1.807, 2.05) is 73.1 Å². The van der Waals surface area contributed by atoms with Crippen LogP contribution in [0.2, 0.25) is 0 Å². The smallest absolute Gasteiger partial charge is 0.279 e. The van der Waals surface area contributed by atoms with Crippen LogP contribution in [0, 0.1) is 0 Å². The van der Waals surface area contributed by atoms with E-state index >= 15 is 0 Å². The molecule has 0 bridgehead atoms. The topological polar surface area (TPSA) is 73.2 Å². The minimum absolute atomic E-state index is 0.122. The molecule has 0 unspecified atom stereocenters. The molecule has 4 rings (SSSR count). The zero-order valence-corrected chi connectivity index (χ0v) is 18.4. The highest BCUT2D eigenvalue weighted by atomic mass is 32.2. The number of nitrogens with one attached hydrogen (secondary N) is 1. The predicted octanol–water partition coefficient (Wildman–Crippen LogP) is 4.34. The van der Waals surface area contributed by atoms with E-state index in [2.05, 4.69) is 10.3 Å². The number of nitrogens with zero attached hydrogens (tertiary/aromatic N) is 2. The molecule has 0 fully saturated rings. The molecule has 0 saturated carbocycles. The second-order valence-electron chi connectivity index (χ2n) is 7.49. The Kier molecular flexibility index (Phi) is 6.42. The number of rotatable bonds is 7. The molecule has 160 valence electrons.